The minimum absolute atomic E-state index is 0.00945. The second kappa shape index (κ2) is 7.88. The third kappa shape index (κ3) is 4.09. The molecule has 0 aromatic heterocycles. The summed E-state index contributed by atoms with van der Waals surface area (Å²) < 4.78 is 5.48. The third-order valence-corrected chi connectivity index (χ3v) is 4.26. The lowest BCUT2D eigenvalue weighted by Crippen LogP contribution is -2.31. The van der Waals surface area contributed by atoms with Crippen LogP contribution in [-0.4, -0.2) is 29.7 Å². The maximum atomic E-state index is 12.4. The highest BCUT2D eigenvalue weighted by atomic mass is 16.5. The van der Waals surface area contributed by atoms with Gasteiger partial charge in [-0.2, -0.15) is 0 Å². The SMILES string of the molecule is O=C(COCc1ccccc1)C1CCN(Cc2ccccc2)C1=O. The number of likely N-dealkylation sites (tertiary alicyclic amines) is 1. The van der Waals surface area contributed by atoms with Gasteiger partial charge in [0, 0.05) is 13.1 Å². The van der Waals surface area contributed by atoms with E-state index in [4.69, 9.17) is 4.74 Å². The smallest absolute Gasteiger partial charge is 0.233 e. The Morgan fingerprint density at radius 2 is 1.62 bits per heavy atom. The monoisotopic (exact) mass is 323 g/mol. The Bertz CT molecular complexity index is 685. The average Bonchev–Trinajstić information content (AvgIpc) is 2.97. The maximum Gasteiger partial charge on any atom is 0.233 e. The molecule has 0 aliphatic carbocycles. The van der Waals surface area contributed by atoms with Gasteiger partial charge in [-0.3, -0.25) is 9.59 Å². The van der Waals surface area contributed by atoms with Crippen molar-refractivity contribution in [1.29, 1.82) is 0 Å². The van der Waals surface area contributed by atoms with Gasteiger partial charge in [-0.25, -0.2) is 0 Å². The van der Waals surface area contributed by atoms with Gasteiger partial charge in [0.05, 0.1) is 6.61 Å². The second-order valence-corrected chi connectivity index (χ2v) is 6.03. The molecule has 0 N–H and O–H groups in total. The molecule has 1 aliphatic heterocycles. The Morgan fingerprint density at radius 3 is 2.29 bits per heavy atom. The lowest BCUT2D eigenvalue weighted by molar-refractivity contribution is -0.139. The molecule has 0 radical (unpaired) electrons. The molecule has 0 saturated carbocycles. The molecule has 124 valence electrons. The van der Waals surface area contributed by atoms with Gasteiger partial charge >= 0.3 is 0 Å². The van der Waals surface area contributed by atoms with Crippen LogP contribution >= 0.6 is 0 Å². The minimum atomic E-state index is -0.551. The third-order valence-electron chi connectivity index (χ3n) is 4.26. The van der Waals surface area contributed by atoms with Crippen LogP contribution in [-0.2, 0) is 27.5 Å². The van der Waals surface area contributed by atoms with Crippen molar-refractivity contribution < 1.29 is 14.3 Å². The van der Waals surface area contributed by atoms with Gasteiger partial charge in [-0.05, 0) is 17.5 Å². The molecular formula is C20H21NO3. The molecule has 1 aliphatic rings. The van der Waals surface area contributed by atoms with Crippen LogP contribution in [0, 0.1) is 5.92 Å². The maximum absolute atomic E-state index is 12.4. The van der Waals surface area contributed by atoms with Crippen molar-refractivity contribution in [2.24, 2.45) is 5.92 Å². The lowest BCUT2D eigenvalue weighted by Gasteiger charge is -2.16. The van der Waals surface area contributed by atoms with E-state index in [1.54, 1.807) is 4.90 Å². The number of Topliss-reactive ketones (excluding diaryl/α,β-unsaturated/α-hetero) is 1. The Morgan fingerprint density at radius 1 is 1.00 bits per heavy atom. The first-order valence-electron chi connectivity index (χ1n) is 8.21. The molecule has 2 aromatic rings. The van der Waals surface area contributed by atoms with Gasteiger partial charge < -0.3 is 9.64 Å². The molecule has 1 unspecified atom stereocenters. The summed E-state index contributed by atoms with van der Waals surface area (Å²) in [7, 11) is 0. The fourth-order valence-corrected chi connectivity index (χ4v) is 2.94. The quantitative estimate of drug-likeness (QED) is 0.736. The summed E-state index contributed by atoms with van der Waals surface area (Å²) in [5, 5.41) is 0. The van der Waals surface area contributed by atoms with Crippen molar-refractivity contribution in [3.8, 4) is 0 Å². The summed E-state index contributed by atoms with van der Waals surface area (Å²) in [5.74, 6) is -0.747. The minimum Gasteiger partial charge on any atom is -0.369 e. The van der Waals surface area contributed by atoms with Gasteiger partial charge in [-0.1, -0.05) is 60.7 Å². The van der Waals surface area contributed by atoms with E-state index in [1.807, 2.05) is 60.7 Å². The first-order valence-corrected chi connectivity index (χ1v) is 8.21. The van der Waals surface area contributed by atoms with E-state index in [9.17, 15) is 9.59 Å². The Labute approximate surface area is 142 Å². The molecule has 1 amide bonds. The van der Waals surface area contributed by atoms with Crippen LogP contribution in [0.5, 0.6) is 0 Å². The molecule has 1 saturated heterocycles. The van der Waals surface area contributed by atoms with E-state index in [2.05, 4.69) is 0 Å². The zero-order valence-electron chi connectivity index (χ0n) is 13.6. The number of hydrogen-bond acceptors (Lipinski definition) is 3. The number of nitrogens with zero attached hydrogens (tertiary/aromatic N) is 1. The van der Waals surface area contributed by atoms with E-state index in [1.165, 1.54) is 0 Å². The summed E-state index contributed by atoms with van der Waals surface area (Å²) in [6, 6.07) is 19.5. The van der Waals surface area contributed by atoms with Crippen molar-refractivity contribution in [3.63, 3.8) is 0 Å². The van der Waals surface area contributed by atoms with Crippen molar-refractivity contribution in [1.82, 2.24) is 4.90 Å². The van der Waals surface area contributed by atoms with E-state index in [0.717, 1.165) is 11.1 Å². The molecule has 0 spiro atoms. The molecule has 24 heavy (non-hydrogen) atoms. The predicted octanol–water partition coefficient (Wildman–Crippen LogP) is 2.82. The summed E-state index contributed by atoms with van der Waals surface area (Å²) >= 11 is 0. The van der Waals surface area contributed by atoms with E-state index >= 15 is 0 Å². The lowest BCUT2D eigenvalue weighted by atomic mass is 10.0. The number of rotatable bonds is 7. The van der Waals surface area contributed by atoms with Crippen LogP contribution < -0.4 is 0 Å². The summed E-state index contributed by atoms with van der Waals surface area (Å²) in [6.07, 6.45) is 0.583. The van der Waals surface area contributed by atoms with Gasteiger partial charge in [0.2, 0.25) is 5.91 Å². The van der Waals surface area contributed by atoms with Crippen LogP contribution in [0.4, 0.5) is 0 Å². The fourth-order valence-electron chi connectivity index (χ4n) is 2.94. The fraction of sp³-hybridized carbons (Fsp3) is 0.300. The van der Waals surface area contributed by atoms with Crippen LogP contribution in [0.1, 0.15) is 17.5 Å². The standard InChI is InChI=1S/C20H21NO3/c22-19(15-24-14-17-9-5-2-6-10-17)18-11-12-21(20(18)23)13-16-7-3-1-4-8-16/h1-10,18H,11-15H2. The van der Waals surface area contributed by atoms with Gasteiger partial charge in [-0.15, -0.1) is 0 Å². The van der Waals surface area contributed by atoms with E-state index in [-0.39, 0.29) is 18.3 Å². The zero-order valence-corrected chi connectivity index (χ0v) is 13.6. The number of ketones is 1. The number of ether oxygens (including phenoxy) is 1. The van der Waals surface area contributed by atoms with Gasteiger partial charge in [0.1, 0.15) is 12.5 Å². The zero-order chi connectivity index (χ0) is 16.8. The van der Waals surface area contributed by atoms with E-state index in [0.29, 0.717) is 26.1 Å². The molecule has 4 nitrogen and oxygen atoms in total. The molecule has 2 aromatic carbocycles. The van der Waals surface area contributed by atoms with Crippen LogP contribution in [0.25, 0.3) is 0 Å². The van der Waals surface area contributed by atoms with Crippen LogP contribution in [0.2, 0.25) is 0 Å². The molecule has 0 bridgehead atoms. The highest BCUT2D eigenvalue weighted by molar-refractivity contribution is 6.03. The first-order chi connectivity index (χ1) is 11.7. The molecule has 4 heteroatoms. The predicted molar refractivity (Wildman–Crippen MR) is 91.1 cm³/mol. The normalized spacial score (nSPS) is 17.2. The molecule has 1 heterocycles. The Hall–Kier alpha value is -2.46. The van der Waals surface area contributed by atoms with Crippen LogP contribution in [0.3, 0.4) is 0 Å². The summed E-state index contributed by atoms with van der Waals surface area (Å²) in [5.41, 5.74) is 2.10. The number of carbonyl (C=O) groups is 2. The average molecular weight is 323 g/mol. The van der Waals surface area contributed by atoms with Crippen molar-refractivity contribution in [2.75, 3.05) is 13.2 Å². The highest BCUT2D eigenvalue weighted by Crippen LogP contribution is 2.21. The number of carbonyl (C=O) groups excluding carboxylic acids is 2. The molecule has 1 atom stereocenters. The van der Waals surface area contributed by atoms with Crippen molar-refractivity contribution in [3.05, 3.63) is 71.8 Å². The Kier molecular flexibility index (Phi) is 5.39. The number of benzene rings is 2. The molecule has 3 rings (SSSR count). The highest BCUT2D eigenvalue weighted by Gasteiger charge is 2.36. The number of hydrogen-bond donors (Lipinski definition) is 0. The van der Waals surface area contributed by atoms with Gasteiger partial charge in [0.15, 0.2) is 5.78 Å². The van der Waals surface area contributed by atoms with E-state index < -0.39 is 5.92 Å². The Balaban J connectivity index is 1.48. The largest absolute Gasteiger partial charge is 0.369 e. The first kappa shape index (κ1) is 16.4. The summed E-state index contributed by atoms with van der Waals surface area (Å²) in [6.45, 7) is 1.57. The molecular weight excluding hydrogens is 302 g/mol. The summed E-state index contributed by atoms with van der Waals surface area (Å²) in [4.78, 5) is 26.5. The molecule has 1 fully saturated rings. The second-order valence-electron chi connectivity index (χ2n) is 6.03. The number of amides is 1. The topological polar surface area (TPSA) is 46.6 Å². The van der Waals surface area contributed by atoms with Crippen molar-refractivity contribution in [2.45, 2.75) is 19.6 Å². The van der Waals surface area contributed by atoms with Crippen LogP contribution in [0.15, 0.2) is 60.7 Å². The van der Waals surface area contributed by atoms with Crippen molar-refractivity contribution >= 4 is 11.7 Å². The van der Waals surface area contributed by atoms with Gasteiger partial charge in [0.25, 0.3) is 0 Å².